The highest BCUT2D eigenvalue weighted by atomic mass is 35.5. The molecule has 3 rings (SSSR count). The molecule has 2 N–H and O–H groups in total. The van der Waals surface area contributed by atoms with Gasteiger partial charge in [-0.3, -0.25) is 0 Å². The zero-order valence-corrected chi connectivity index (χ0v) is 20.1. The SMILES string of the molecule is COc1cc(COCC(O)C[NH+]2CCN(c3ccccc3C#N)CC2)cc(OC)c1OC.[Cl-]. The first-order valence-electron chi connectivity index (χ1n) is 10.7. The van der Waals surface area contributed by atoms with Crippen LogP contribution in [0.2, 0.25) is 0 Å². The van der Waals surface area contributed by atoms with Crippen LogP contribution in [0.1, 0.15) is 11.1 Å². The van der Waals surface area contributed by atoms with Crippen LogP contribution in [-0.4, -0.2) is 71.9 Å². The summed E-state index contributed by atoms with van der Waals surface area (Å²) in [6, 6.07) is 13.7. The van der Waals surface area contributed by atoms with Gasteiger partial charge in [0.1, 0.15) is 18.7 Å². The number of ether oxygens (including phenoxy) is 4. The quantitative estimate of drug-likeness (QED) is 0.404. The Morgan fingerprint density at radius 1 is 1.06 bits per heavy atom. The number of methoxy groups -OCH3 is 3. The van der Waals surface area contributed by atoms with E-state index in [4.69, 9.17) is 18.9 Å². The number of nitrogens with one attached hydrogen (secondary N) is 1. The molecule has 2 aromatic carbocycles. The summed E-state index contributed by atoms with van der Waals surface area (Å²) in [6.45, 7) is 4.74. The molecule has 0 spiro atoms. The Bertz CT molecular complexity index is 904. The van der Waals surface area contributed by atoms with Gasteiger partial charge in [-0.1, -0.05) is 12.1 Å². The number of nitriles is 1. The number of halogens is 1. The minimum absolute atomic E-state index is 0. The lowest BCUT2D eigenvalue weighted by atomic mass is 10.1. The first kappa shape index (κ1) is 26.6. The van der Waals surface area contributed by atoms with Gasteiger partial charge in [0.05, 0.1) is 72.0 Å². The van der Waals surface area contributed by atoms with Crippen molar-refractivity contribution in [2.45, 2.75) is 12.7 Å². The fourth-order valence-electron chi connectivity index (χ4n) is 4.04. The van der Waals surface area contributed by atoms with Crippen LogP contribution in [0.3, 0.4) is 0 Å². The minimum atomic E-state index is -0.551. The van der Waals surface area contributed by atoms with Gasteiger partial charge in [-0.05, 0) is 29.8 Å². The van der Waals surface area contributed by atoms with Crippen LogP contribution < -0.4 is 36.4 Å². The van der Waals surface area contributed by atoms with Crippen molar-refractivity contribution in [2.75, 3.05) is 65.6 Å². The summed E-state index contributed by atoms with van der Waals surface area (Å²) in [5, 5.41) is 19.8. The average Bonchev–Trinajstić information content (AvgIpc) is 2.83. The Labute approximate surface area is 201 Å². The molecule has 0 aromatic heterocycles. The number of hydrogen-bond donors (Lipinski definition) is 2. The third kappa shape index (κ3) is 6.89. The van der Waals surface area contributed by atoms with Crippen LogP contribution in [0, 0.1) is 11.3 Å². The maximum absolute atomic E-state index is 10.5. The zero-order chi connectivity index (χ0) is 22.9. The fourth-order valence-corrected chi connectivity index (χ4v) is 4.04. The van der Waals surface area contributed by atoms with E-state index in [0.29, 0.717) is 36.0 Å². The predicted molar refractivity (Wildman–Crippen MR) is 121 cm³/mol. The second-order valence-corrected chi connectivity index (χ2v) is 7.77. The molecule has 1 aliphatic heterocycles. The Morgan fingerprint density at radius 3 is 2.27 bits per heavy atom. The summed E-state index contributed by atoms with van der Waals surface area (Å²) >= 11 is 0. The Balaban J connectivity index is 0.00000385. The van der Waals surface area contributed by atoms with Gasteiger partial charge < -0.3 is 46.3 Å². The van der Waals surface area contributed by atoms with E-state index in [1.54, 1.807) is 21.3 Å². The first-order chi connectivity index (χ1) is 15.6. The van der Waals surface area contributed by atoms with Crippen molar-refractivity contribution in [3.63, 3.8) is 0 Å². The maximum atomic E-state index is 10.5. The summed E-state index contributed by atoms with van der Waals surface area (Å²) in [5.74, 6) is 1.69. The van der Waals surface area contributed by atoms with Crippen LogP contribution in [0.5, 0.6) is 17.2 Å². The van der Waals surface area contributed by atoms with E-state index in [-0.39, 0.29) is 19.0 Å². The van der Waals surface area contributed by atoms with Crippen LogP contribution >= 0.6 is 0 Å². The standard InChI is InChI=1S/C24H31N3O5.ClH/c1-29-22-12-18(13-23(30-2)24(22)31-3)16-32-17-20(28)15-26-8-10-27(11-9-26)21-7-5-4-6-19(21)14-25;/h4-7,12-13,20,28H,8-11,15-17H2,1-3H3;1H. The van der Waals surface area contributed by atoms with E-state index >= 15 is 0 Å². The Kier molecular flexibility index (Phi) is 10.6. The zero-order valence-electron chi connectivity index (χ0n) is 19.3. The molecular formula is C24H32ClN3O5. The largest absolute Gasteiger partial charge is 1.00 e. The molecule has 1 aliphatic rings. The molecule has 33 heavy (non-hydrogen) atoms. The lowest BCUT2D eigenvalue weighted by Crippen LogP contribution is -3.16. The van der Waals surface area contributed by atoms with Gasteiger partial charge in [-0.2, -0.15) is 5.26 Å². The molecule has 0 aliphatic carbocycles. The van der Waals surface area contributed by atoms with Crippen molar-refractivity contribution in [3.8, 4) is 23.3 Å². The molecule has 0 radical (unpaired) electrons. The van der Waals surface area contributed by atoms with E-state index in [1.165, 1.54) is 4.90 Å². The van der Waals surface area contributed by atoms with Crippen molar-refractivity contribution in [3.05, 3.63) is 47.5 Å². The number of quaternary nitrogens is 1. The van der Waals surface area contributed by atoms with Crippen molar-refractivity contribution >= 4 is 5.69 Å². The molecule has 1 fully saturated rings. The highest BCUT2D eigenvalue weighted by Gasteiger charge is 2.24. The molecule has 1 heterocycles. The van der Waals surface area contributed by atoms with Gasteiger partial charge in [-0.25, -0.2) is 0 Å². The van der Waals surface area contributed by atoms with Gasteiger partial charge >= 0.3 is 0 Å². The van der Waals surface area contributed by atoms with Crippen LogP contribution in [-0.2, 0) is 11.3 Å². The predicted octanol–water partition coefficient (Wildman–Crippen LogP) is -2.13. The Hall–Kier alpha value is -2.70. The normalized spacial score (nSPS) is 14.7. The molecule has 180 valence electrons. The van der Waals surface area contributed by atoms with E-state index < -0.39 is 6.10 Å². The molecule has 8 nitrogen and oxygen atoms in total. The van der Waals surface area contributed by atoms with Gasteiger partial charge in [0.15, 0.2) is 11.5 Å². The van der Waals surface area contributed by atoms with E-state index in [0.717, 1.165) is 37.4 Å². The minimum Gasteiger partial charge on any atom is -1.00 e. The molecule has 1 saturated heterocycles. The van der Waals surface area contributed by atoms with Crippen LogP contribution in [0.25, 0.3) is 0 Å². The topological polar surface area (TPSA) is 88.6 Å². The summed E-state index contributed by atoms with van der Waals surface area (Å²) < 4.78 is 21.8. The van der Waals surface area contributed by atoms with E-state index in [2.05, 4.69) is 11.0 Å². The number of rotatable bonds is 10. The summed E-state index contributed by atoms with van der Waals surface area (Å²) in [7, 11) is 4.72. The number of para-hydroxylation sites is 1. The van der Waals surface area contributed by atoms with Crippen LogP contribution in [0.15, 0.2) is 36.4 Å². The van der Waals surface area contributed by atoms with Crippen molar-refractivity contribution < 1.29 is 41.4 Å². The third-order valence-corrected chi connectivity index (χ3v) is 5.66. The highest BCUT2D eigenvalue weighted by Crippen LogP contribution is 2.38. The summed E-state index contributed by atoms with van der Waals surface area (Å²) in [4.78, 5) is 3.58. The van der Waals surface area contributed by atoms with E-state index in [9.17, 15) is 10.4 Å². The molecule has 2 aromatic rings. The third-order valence-electron chi connectivity index (χ3n) is 5.66. The highest BCUT2D eigenvalue weighted by molar-refractivity contribution is 5.59. The number of nitrogens with zero attached hydrogens (tertiary/aromatic N) is 2. The maximum Gasteiger partial charge on any atom is 0.203 e. The number of anilines is 1. The van der Waals surface area contributed by atoms with Crippen molar-refractivity contribution in [1.82, 2.24) is 0 Å². The molecular weight excluding hydrogens is 446 g/mol. The van der Waals surface area contributed by atoms with Gasteiger partial charge in [0.25, 0.3) is 0 Å². The molecule has 1 atom stereocenters. The number of aliphatic hydroxyl groups excluding tert-OH is 1. The van der Waals surface area contributed by atoms with Crippen molar-refractivity contribution in [2.24, 2.45) is 0 Å². The fraction of sp³-hybridized carbons (Fsp3) is 0.458. The lowest BCUT2D eigenvalue weighted by Gasteiger charge is -2.34. The summed E-state index contributed by atoms with van der Waals surface area (Å²) in [5.41, 5.74) is 2.57. The smallest absolute Gasteiger partial charge is 0.203 e. The lowest BCUT2D eigenvalue weighted by molar-refractivity contribution is -0.903. The van der Waals surface area contributed by atoms with Gasteiger partial charge in [0.2, 0.25) is 5.75 Å². The van der Waals surface area contributed by atoms with E-state index in [1.807, 2.05) is 36.4 Å². The van der Waals surface area contributed by atoms with Gasteiger partial charge in [-0.15, -0.1) is 0 Å². The second-order valence-electron chi connectivity index (χ2n) is 7.77. The number of benzene rings is 2. The van der Waals surface area contributed by atoms with Gasteiger partial charge in [0, 0.05) is 0 Å². The van der Waals surface area contributed by atoms with Crippen LogP contribution in [0.4, 0.5) is 5.69 Å². The number of aliphatic hydroxyl groups is 1. The van der Waals surface area contributed by atoms with Crippen molar-refractivity contribution in [1.29, 1.82) is 5.26 Å². The molecule has 0 saturated carbocycles. The molecule has 9 heteroatoms. The molecule has 1 unspecified atom stereocenters. The monoisotopic (exact) mass is 477 g/mol. The Morgan fingerprint density at radius 2 is 1.70 bits per heavy atom. The second kappa shape index (κ2) is 13.1. The number of piperazine rings is 1. The first-order valence-corrected chi connectivity index (χ1v) is 10.7. The summed E-state index contributed by atoms with van der Waals surface area (Å²) in [6.07, 6.45) is -0.551. The number of hydrogen-bond acceptors (Lipinski definition) is 7. The molecule has 0 amide bonds. The average molecular weight is 478 g/mol. The molecule has 0 bridgehead atoms.